The van der Waals surface area contributed by atoms with Crippen LogP contribution in [-0.2, 0) is 9.59 Å². The molecule has 0 rings (SSSR count). The molecule has 1 amide bonds. The van der Waals surface area contributed by atoms with E-state index in [0.717, 1.165) is 6.54 Å². The van der Waals surface area contributed by atoms with Crippen LogP contribution in [0, 0.1) is 5.41 Å². The van der Waals surface area contributed by atoms with E-state index >= 15 is 0 Å². The molecule has 0 aromatic carbocycles. The van der Waals surface area contributed by atoms with Crippen molar-refractivity contribution in [2.24, 2.45) is 5.41 Å². The van der Waals surface area contributed by atoms with E-state index in [1.54, 1.807) is 0 Å². The highest BCUT2D eigenvalue weighted by Crippen LogP contribution is 2.17. The second-order valence-electron chi connectivity index (χ2n) is 6.70. The maximum atomic E-state index is 11.6. The first kappa shape index (κ1) is 17.1. The Balaban J connectivity index is 3.71. The zero-order chi connectivity index (χ0) is 14.4. The molecule has 0 aromatic rings. The van der Waals surface area contributed by atoms with Crippen molar-refractivity contribution in [3.8, 4) is 0 Å². The van der Waals surface area contributed by atoms with Crippen LogP contribution in [0.25, 0.3) is 0 Å². The molecular formula is C14H28N2O2. The average Bonchev–Trinajstić information content (AvgIpc) is 2.18. The van der Waals surface area contributed by atoms with Crippen molar-refractivity contribution >= 4 is 11.7 Å². The van der Waals surface area contributed by atoms with Crippen LogP contribution in [0.2, 0.25) is 0 Å². The average molecular weight is 256 g/mol. The topological polar surface area (TPSA) is 58.2 Å². The zero-order valence-electron chi connectivity index (χ0n) is 12.6. The quantitative estimate of drug-likeness (QED) is 0.713. The van der Waals surface area contributed by atoms with Crippen LogP contribution >= 0.6 is 0 Å². The van der Waals surface area contributed by atoms with Gasteiger partial charge in [0.2, 0.25) is 5.91 Å². The Labute approximate surface area is 111 Å². The summed E-state index contributed by atoms with van der Waals surface area (Å²) in [6.07, 6.45) is 0.605. The van der Waals surface area contributed by atoms with Gasteiger partial charge in [0.1, 0.15) is 5.78 Å². The molecule has 106 valence electrons. The molecule has 0 unspecified atom stereocenters. The van der Waals surface area contributed by atoms with Crippen molar-refractivity contribution in [3.05, 3.63) is 0 Å². The van der Waals surface area contributed by atoms with E-state index in [-0.39, 0.29) is 29.1 Å². The van der Waals surface area contributed by atoms with Gasteiger partial charge in [-0.05, 0) is 20.8 Å². The third-order valence-electron chi connectivity index (χ3n) is 2.52. The molecule has 0 spiro atoms. The highest BCUT2D eigenvalue weighted by molar-refractivity contribution is 5.88. The number of nitrogens with one attached hydrogen (secondary N) is 2. The van der Waals surface area contributed by atoms with Crippen molar-refractivity contribution in [1.29, 1.82) is 0 Å². The first-order chi connectivity index (χ1) is 8.02. The van der Waals surface area contributed by atoms with E-state index in [0.29, 0.717) is 13.0 Å². The minimum atomic E-state index is -0.353. The lowest BCUT2D eigenvalue weighted by atomic mass is 9.88. The number of ketones is 1. The van der Waals surface area contributed by atoms with Gasteiger partial charge in [-0.15, -0.1) is 0 Å². The lowest BCUT2D eigenvalue weighted by molar-refractivity contribution is -0.129. The van der Waals surface area contributed by atoms with Gasteiger partial charge in [-0.3, -0.25) is 9.59 Å². The normalized spacial score (nSPS) is 12.3. The second kappa shape index (κ2) is 6.88. The van der Waals surface area contributed by atoms with Crippen LogP contribution in [0.5, 0.6) is 0 Å². The van der Waals surface area contributed by atoms with Crippen LogP contribution in [0.1, 0.15) is 54.4 Å². The van der Waals surface area contributed by atoms with Crippen molar-refractivity contribution < 1.29 is 9.59 Å². The van der Waals surface area contributed by atoms with Gasteiger partial charge >= 0.3 is 0 Å². The Morgan fingerprint density at radius 2 is 1.44 bits per heavy atom. The number of carbonyl (C=O) groups excluding carboxylic acids is 2. The van der Waals surface area contributed by atoms with Gasteiger partial charge in [-0.25, -0.2) is 0 Å². The highest BCUT2D eigenvalue weighted by atomic mass is 16.2. The van der Waals surface area contributed by atoms with E-state index in [1.165, 1.54) is 0 Å². The predicted molar refractivity (Wildman–Crippen MR) is 74.5 cm³/mol. The Kier molecular flexibility index (Phi) is 6.54. The molecule has 0 aliphatic heterocycles. The van der Waals surface area contributed by atoms with Crippen molar-refractivity contribution in [2.45, 2.75) is 59.9 Å². The third-order valence-corrected chi connectivity index (χ3v) is 2.52. The Morgan fingerprint density at radius 1 is 0.889 bits per heavy atom. The number of carbonyl (C=O) groups is 2. The smallest absolute Gasteiger partial charge is 0.220 e. The highest BCUT2D eigenvalue weighted by Gasteiger charge is 2.21. The number of hydrogen-bond donors (Lipinski definition) is 2. The molecule has 0 radical (unpaired) electrons. The molecule has 2 N–H and O–H groups in total. The fourth-order valence-corrected chi connectivity index (χ4v) is 1.33. The summed E-state index contributed by atoms with van der Waals surface area (Å²) < 4.78 is 0. The summed E-state index contributed by atoms with van der Waals surface area (Å²) >= 11 is 0. The van der Waals surface area contributed by atoms with Gasteiger partial charge in [0.15, 0.2) is 0 Å². The van der Waals surface area contributed by atoms with Crippen LogP contribution in [0.3, 0.4) is 0 Å². The molecule has 0 heterocycles. The number of amides is 1. The molecule has 0 atom stereocenters. The molecular weight excluding hydrogens is 228 g/mol. The molecule has 0 fully saturated rings. The monoisotopic (exact) mass is 256 g/mol. The zero-order valence-corrected chi connectivity index (χ0v) is 12.6. The van der Waals surface area contributed by atoms with Gasteiger partial charge in [-0.2, -0.15) is 0 Å². The minimum Gasteiger partial charge on any atom is -0.355 e. The largest absolute Gasteiger partial charge is 0.355 e. The maximum Gasteiger partial charge on any atom is 0.220 e. The fourth-order valence-electron chi connectivity index (χ4n) is 1.33. The maximum absolute atomic E-state index is 11.6. The SMILES string of the molecule is CC(C)(C)NCCNC(=O)CCC(=O)C(C)(C)C. The third kappa shape index (κ3) is 9.16. The Hall–Kier alpha value is -0.900. The van der Waals surface area contributed by atoms with Crippen molar-refractivity contribution in [3.63, 3.8) is 0 Å². The van der Waals surface area contributed by atoms with Crippen LogP contribution < -0.4 is 10.6 Å². The molecule has 0 aromatic heterocycles. The Bertz CT molecular complexity index is 285. The minimum absolute atomic E-state index is 0.0525. The van der Waals surface area contributed by atoms with E-state index in [2.05, 4.69) is 31.4 Å². The van der Waals surface area contributed by atoms with Gasteiger partial charge in [0, 0.05) is 36.9 Å². The van der Waals surface area contributed by atoms with E-state index < -0.39 is 0 Å². The Morgan fingerprint density at radius 3 is 1.89 bits per heavy atom. The molecule has 18 heavy (non-hydrogen) atoms. The molecule has 4 nitrogen and oxygen atoms in total. The second-order valence-corrected chi connectivity index (χ2v) is 6.70. The van der Waals surface area contributed by atoms with E-state index in [1.807, 2.05) is 20.8 Å². The lowest BCUT2D eigenvalue weighted by Crippen LogP contribution is -2.41. The molecule has 4 heteroatoms. The van der Waals surface area contributed by atoms with Crippen molar-refractivity contribution in [2.75, 3.05) is 13.1 Å². The standard InChI is InChI=1S/C14H28N2O2/c1-13(2,3)11(17)7-8-12(18)15-9-10-16-14(4,5)6/h16H,7-10H2,1-6H3,(H,15,18). The first-order valence-corrected chi connectivity index (χ1v) is 6.57. The van der Waals surface area contributed by atoms with Crippen LogP contribution in [0.15, 0.2) is 0 Å². The van der Waals surface area contributed by atoms with E-state index in [9.17, 15) is 9.59 Å². The predicted octanol–water partition coefficient (Wildman–Crippen LogP) is 1.89. The molecule has 0 aliphatic rings. The molecule has 0 saturated carbocycles. The summed E-state index contributed by atoms with van der Waals surface area (Å²) in [7, 11) is 0. The summed E-state index contributed by atoms with van der Waals surface area (Å²) in [5.41, 5.74) is -0.291. The number of rotatable bonds is 6. The summed E-state index contributed by atoms with van der Waals surface area (Å²) in [5, 5.41) is 6.09. The van der Waals surface area contributed by atoms with Gasteiger partial charge in [0.05, 0.1) is 0 Å². The van der Waals surface area contributed by atoms with Gasteiger partial charge < -0.3 is 10.6 Å². The summed E-state index contributed by atoms with van der Waals surface area (Å²) in [5.74, 6) is 0.0776. The van der Waals surface area contributed by atoms with Gasteiger partial charge in [-0.1, -0.05) is 20.8 Å². The van der Waals surface area contributed by atoms with Crippen LogP contribution in [0.4, 0.5) is 0 Å². The van der Waals surface area contributed by atoms with E-state index in [4.69, 9.17) is 0 Å². The van der Waals surface area contributed by atoms with Gasteiger partial charge in [0.25, 0.3) is 0 Å². The number of Topliss-reactive ketones (excluding diaryl/α,β-unsaturated/α-hetero) is 1. The van der Waals surface area contributed by atoms with Crippen molar-refractivity contribution in [1.82, 2.24) is 10.6 Å². The summed E-state index contributed by atoms with van der Waals surface area (Å²) in [6.45, 7) is 13.2. The number of hydrogen-bond acceptors (Lipinski definition) is 3. The lowest BCUT2D eigenvalue weighted by Gasteiger charge is -2.20. The molecule has 0 saturated heterocycles. The first-order valence-electron chi connectivity index (χ1n) is 6.57. The van der Waals surface area contributed by atoms with Crippen LogP contribution in [-0.4, -0.2) is 30.3 Å². The molecule has 0 bridgehead atoms. The summed E-state index contributed by atoms with van der Waals surface area (Å²) in [6, 6.07) is 0. The fraction of sp³-hybridized carbons (Fsp3) is 0.857. The molecule has 0 aliphatic carbocycles. The summed E-state index contributed by atoms with van der Waals surface area (Å²) in [4.78, 5) is 23.1.